The van der Waals surface area contributed by atoms with Crippen molar-refractivity contribution in [3.05, 3.63) is 0 Å². The number of aliphatic hydroxyl groups excluding tert-OH is 1. The zero-order valence-corrected chi connectivity index (χ0v) is 13.4. The molecule has 0 amide bonds. The molecule has 2 saturated carbocycles. The molecule has 20 heavy (non-hydrogen) atoms. The van der Waals surface area contributed by atoms with Crippen LogP contribution in [0.15, 0.2) is 0 Å². The van der Waals surface area contributed by atoms with Crippen LogP contribution in [0.4, 0.5) is 0 Å². The molecular weight excluding hydrogens is 248 g/mol. The molecular formula is C17H34N2O. The highest BCUT2D eigenvalue weighted by molar-refractivity contribution is 4.98. The number of rotatable bonds is 5. The normalized spacial score (nSPS) is 39.1. The van der Waals surface area contributed by atoms with Gasteiger partial charge in [-0.2, -0.15) is 0 Å². The summed E-state index contributed by atoms with van der Waals surface area (Å²) in [6.45, 7) is 5.76. The maximum Gasteiger partial charge on any atom is 0.0474 e. The van der Waals surface area contributed by atoms with E-state index < -0.39 is 0 Å². The van der Waals surface area contributed by atoms with E-state index in [1.165, 1.54) is 51.4 Å². The van der Waals surface area contributed by atoms with Gasteiger partial charge in [0.2, 0.25) is 0 Å². The van der Waals surface area contributed by atoms with E-state index in [9.17, 15) is 5.11 Å². The lowest BCUT2D eigenvalue weighted by Crippen LogP contribution is -2.59. The topological polar surface area (TPSA) is 58.3 Å². The van der Waals surface area contributed by atoms with Gasteiger partial charge >= 0.3 is 0 Å². The van der Waals surface area contributed by atoms with Crippen molar-refractivity contribution in [2.24, 2.45) is 23.5 Å². The number of hydrogen-bond acceptors (Lipinski definition) is 3. The Morgan fingerprint density at radius 2 is 1.80 bits per heavy atom. The lowest BCUT2D eigenvalue weighted by atomic mass is 9.71. The zero-order chi connectivity index (χ0) is 14.6. The molecule has 2 unspecified atom stereocenters. The zero-order valence-electron chi connectivity index (χ0n) is 13.4. The lowest BCUT2D eigenvalue weighted by Gasteiger charge is -2.46. The van der Waals surface area contributed by atoms with Gasteiger partial charge in [-0.05, 0) is 56.3 Å². The van der Waals surface area contributed by atoms with E-state index in [-0.39, 0.29) is 5.54 Å². The van der Waals surface area contributed by atoms with Crippen molar-refractivity contribution in [3.8, 4) is 0 Å². The van der Waals surface area contributed by atoms with Gasteiger partial charge in [0.1, 0.15) is 0 Å². The summed E-state index contributed by atoms with van der Waals surface area (Å²) in [7, 11) is 0. The van der Waals surface area contributed by atoms with E-state index in [1.54, 1.807) is 0 Å². The average molecular weight is 282 g/mol. The molecule has 2 aliphatic carbocycles. The van der Waals surface area contributed by atoms with Gasteiger partial charge in [0.25, 0.3) is 0 Å². The second kappa shape index (κ2) is 7.24. The van der Waals surface area contributed by atoms with Crippen molar-refractivity contribution in [1.82, 2.24) is 5.32 Å². The van der Waals surface area contributed by atoms with E-state index in [0.717, 1.165) is 18.4 Å². The average Bonchev–Trinajstić information content (AvgIpc) is 2.48. The maximum absolute atomic E-state index is 9.59. The molecule has 2 rings (SSSR count). The molecule has 0 radical (unpaired) electrons. The first-order chi connectivity index (χ1) is 9.60. The van der Waals surface area contributed by atoms with Crippen molar-refractivity contribution in [2.75, 3.05) is 13.2 Å². The monoisotopic (exact) mass is 282 g/mol. The predicted octanol–water partition coefficient (Wildman–Crippen LogP) is 2.67. The number of nitrogens with two attached hydrogens (primary N) is 1. The number of aliphatic hydroxyl groups is 1. The molecule has 0 bridgehead atoms. The molecule has 4 N–H and O–H groups in total. The summed E-state index contributed by atoms with van der Waals surface area (Å²) in [4.78, 5) is 0. The highest BCUT2D eigenvalue weighted by Gasteiger charge is 2.38. The Bertz CT molecular complexity index is 285. The van der Waals surface area contributed by atoms with Gasteiger partial charge < -0.3 is 16.2 Å². The Labute approximate surface area is 124 Å². The maximum atomic E-state index is 9.59. The molecule has 2 fully saturated rings. The number of nitrogens with one attached hydrogen (secondary N) is 1. The fourth-order valence-corrected chi connectivity index (χ4v) is 4.28. The summed E-state index contributed by atoms with van der Waals surface area (Å²) in [6, 6.07) is 0.480. The van der Waals surface area contributed by atoms with E-state index in [1.807, 2.05) is 0 Å². The molecule has 2 atom stereocenters. The first kappa shape index (κ1) is 16.3. The Kier molecular flexibility index (Phi) is 5.88. The Morgan fingerprint density at radius 1 is 1.15 bits per heavy atom. The SMILES string of the molecule is CC(C)C1CCC(CN)(NC2CCCCC2CO)CC1. The van der Waals surface area contributed by atoms with Crippen LogP contribution in [0.25, 0.3) is 0 Å². The highest BCUT2D eigenvalue weighted by Crippen LogP contribution is 2.37. The quantitative estimate of drug-likeness (QED) is 0.726. The first-order valence-corrected chi connectivity index (χ1v) is 8.69. The van der Waals surface area contributed by atoms with Crippen LogP contribution >= 0.6 is 0 Å². The summed E-state index contributed by atoms with van der Waals surface area (Å²) < 4.78 is 0. The standard InChI is InChI=1S/C17H34N2O/c1-13(2)14-7-9-17(12-18,10-8-14)19-16-6-4-3-5-15(16)11-20/h13-16,19-20H,3-12,18H2,1-2H3. The molecule has 2 aliphatic rings. The minimum atomic E-state index is 0.140. The highest BCUT2D eigenvalue weighted by atomic mass is 16.3. The van der Waals surface area contributed by atoms with Gasteiger partial charge in [-0.1, -0.05) is 26.7 Å². The summed E-state index contributed by atoms with van der Waals surface area (Å²) in [5.74, 6) is 2.11. The Morgan fingerprint density at radius 3 is 2.35 bits per heavy atom. The molecule has 3 nitrogen and oxygen atoms in total. The van der Waals surface area contributed by atoms with Crippen molar-refractivity contribution < 1.29 is 5.11 Å². The van der Waals surface area contributed by atoms with Gasteiger partial charge in [-0.25, -0.2) is 0 Å². The van der Waals surface area contributed by atoms with Crippen molar-refractivity contribution in [3.63, 3.8) is 0 Å². The summed E-state index contributed by atoms with van der Waals surface area (Å²) in [5, 5.41) is 13.5. The molecule has 118 valence electrons. The molecule has 0 aromatic rings. The molecule has 3 heteroatoms. The second-order valence-corrected chi connectivity index (χ2v) is 7.54. The molecule has 0 spiro atoms. The number of hydrogen-bond donors (Lipinski definition) is 3. The van der Waals surface area contributed by atoms with Crippen LogP contribution < -0.4 is 11.1 Å². The van der Waals surface area contributed by atoms with E-state index in [2.05, 4.69) is 19.2 Å². The van der Waals surface area contributed by atoms with Crippen LogP contribution in [0.2, 0.25) is 0 Å². The fraction of sp³-hybridized carbons (Fsp3) is 1.00. The van der Waals surface area contributed by atoms with E-state index >= 15 is 0 Å². The molecule has 0 aliphatic heterocycles. The minimum absolute atomic E-state index is 0.140. The minimum Gasteiger partial charge on any atom is -0.396 e. The summed E-state index contributed by atoms with van der Waals surface area (Å²) in [5.41, 5.74) is 6.28. The second-order valence-electron chi connectivity index (χ2n) is 7.54. The smallest absolute Gasteiger partial charge is 0.0474 e. The predicted molar refractivity (Wildman–Crippen MR) is 84.5 cm³/mol. The van der Waals surface area contributed by atoms with Crippen LogP contribution in [0.1, 0.15) is 65.2 Å². The summed E-state index contributed by atoms with van der Waals surface area (Å²) >= 11 is 0. The van der Waals surface area contributed by atoms with Gasteiger partial charge in [0.15, 0.2) is 0 Å². The molecule has 0 aromatic carbocycles. The third-order valence-corrected chi connectivity index (χ3v) is 5.96. The lowest BCUT2D eigenvalue weighted by molar-refractivity contribution is 0.0970. The summed E-state index contributed by atoms with van der Waals surface area (Å²) in [6.07, 6.45) is 9.97. The Hall–Kier alpha value is -0.120. The largest absolute Gasteiger partial charge is 0.396 e. The molecule has 0 heterocycles. The van der Waals surface area contributed by atoms with Crippen LogP contribution in [0.5, 0.6) is 0 Å². The van der Waals surface area contributed by atoms with Crippen molar-refractivity contribution >= 4 is 0 Å². The van der Waals surface area contributed by atoms with Crippen LogP contribution in [0, 0.1) is 17.8 Å². The van der Waals surface area contributed by atoms with Crippen molar-refractivity contribution in [1.29, 1.82) is 0 Å². The van der Waals surface area contributed by atoms with Crippen LogP contribution in [0.3, 0.4) is 0 Å². The van der Waals surface area contributed by atoms with Gasteiger partial charge in [0.05, 0.1) is 0 Å². The van der Waals surface area contributed by atoms with Gasteiger partial charge in [-0.15, -0.1) is 0 Å². The van der Waals surface area contributed by atoms with Gasteiger partial charge in [-0.3, -0.25) is 0 Å². The third-order valence-electron chi connectivity index (χ3n) is 5.96. The molecule has 0 saturated heterocycles. The van der Waals surface area contributed by atoms with Crippen LogP contribution in [-0.4, -0.2) is 29.8 Å². The van der Waals surface area contributed by atoms with Crippen molar-refractivity contribution in [2.45, 2.75) is 76.8 Å². The van der Waals surface area contributed by atoms with Crippen LogP contribution in [-0.2, 0) is 0 Å². The third kappa shape index (κ3) is 3.75. The fourth-order valence-electron chi connectivity index (χ4n) is 4.28. The van der Waals surface area contributed by atoms with Gasteiger partial charge in [0, 0.05) is 24.7 Å². The van der Waals surface area contributed by atoms with E-state index in [4.69, 9.17) is 5.73 Å². The molecule has 0 aromatic heterocycles. The Balaban J connectivity index is 1.94. The van der Waals surface area contributed by atoms with E-state index in [0.29, 0.717) is 18.6 Å². The first-order valence-electron chi connectivity index (χ1n) is 8.69.